The van der Waals surface area contributed by atoms with E-state index in [-0.39, 0.29) is 35.6 Å². The minimum absolute atomic E-state index is 0.0586. The van der Waals surface area contributed by atoms with Crippen LogP contribution in [0.1, 0.15) is 50.6 Å². The highest BCUT2D eigenvalue weighted by Gasteiger charge is 2.63. The number of likely N-dealkylation sites (N-methyl/N-ethyl adjacent to an activating group) is 2. The van der Waals surface area contributed by atoms with Crippen molar-refractivity contribution in [1.29, 1.82) is 0 Å². The van der Waals surface area contributed by atoms with Gasteiger partial charge in [0, 0.05) is 83.7 Å². The third-order valence-corrected chi connectivity index (χ3v) is 12.2. The minimum Gasteiger partial charge on any atom is -0.340 e. The zero-order chi connectivity index (χ0) is 42.5. The summed E-state index contributed by atoms with van der Waals surface area (Å²) in [5.41, 5.74) is 2.04. The number of fused-ring (bicyclic) bond motifs is 2. The number of carbonyl (C=O) groups excluding carboxylic acids is 4. The fourth-order valence-corrected chi connectivity index (χ4v) is 8.71. The van der Waals surface area contributed by atoms with Crippen LogP contribution in [0.15, 0.2) is 110 Å². The van der Waals surface area contributed by atoms with Crippen molar-refractivity contribution >= 4 is 58.9 Å². The largest absolute Gasteiger partial charge is 0.340 e. The van der Waals surface area contributed by atoms with Crippen LogP contribution in [0.2, 0.25) is 0 Å². The van der Waals surface area contributed by atoms with E-state index in [1.165, 1.54) is 47.8 Å². The number of hydrogen-bond donors (Lipinski definition) is 4. The Morgan fingerprint density at radius 3 is 2.32 bits per heavy atom. The molecule has 60 heavy (non-hydrogen) atoms. The van der Waals surface area contributed by atoms with E-state index < -0.39 is 75.8 Å². The number of halogens is 5. The molecule has 2 aliphatic heterocycles. The van der Waals surface area contributed by atoms with Gasteiger partial charge < -0.3 is 25.9 Å². The Morgan fingerprint density at radius 1 is 0.867 bits per heavy atom. The van der Waals surface area contributed by atoms with Crippen molar-refractivity contribution in [2.24, 2.45) is 9.63 Å². The van der Waals surface area contributed by atoms with Crippen molar-refractivity contribution in [3.05, 3.63) is 147 Å². The van der Waals surface area contributed by atoms with Gasteiger partial charge in [-0.3, -0.25) is 19.2 Å². The van der Waals surface area contributed by atoms with Crippen LogP contribution in [-0.2, 0) is 16.0 Å². The predicted octanol–water partition coefficient (Wildman–Crippen LogP) is 7.09. The molecule has 4 atom stereocenters. The zero-order valence-corrected chi connectivity index (χ0v) is 33.2. The van der Waals surface area contributed by atoms with Gasteiger partial charge in [-0.05, 0) is 102 Å². The van der Waals surface area contributed by atoms with Gasteiger partial charge in [0.05, 0.1) is 11.3 Å². The normalized spacial score (nSPS) is 20.2. The summed E-state index contributed by atoms with van der Waals surface area (Å²) >= 11 is 2.55. The summed E-state index contributed by atoms with van der Waals surface area (Å²) in [4.78, 5) is 63.5. The highest BCUT2D eigenvalue weighted by molar-refractivity contribution is 8.02. The second-order valence-corrected chi connectivity index (χ2v) is 16.3. The average Bonchev–Trinajstić information content (AvgIpc) is 3.49. The van der Waals surface area contributed by atoms with E-state index in [1.54, 1.807) is 30.4 Å². The van der Waals surface area contributed by atoms with Gasteiger partial charge in [0.15, 0.2) is 0 Å². The van der Waals surface area contributed by atoms with E-state index in [2.05, 4.69) is 30.5 Å². The van der Waals surface area contributed by atoms with Gasteiger partial charge in [0.25, 0.3) is 17.7 Å². The van der Waals surface area contributed by atoms with Gasteiger partial charge in [0.1, 0.15) is 46.7 Å². The minimum atomic E-state index is -1.79. The lowest BCUT2D eigenvalue weighted by Crippen LogP contribution is -2.51. The molecule has 4 aromatic rings. The molecule has 8 rings (SSSR count). The van der Waals surface area contributed by atoms with E-state index >= 15 is 4.39 Å². The Hall–Kier alpha value is -6.05. The molecule has 1 saturated carbocycles. The Balaban J connectivity index is 1.06. The lowest BCUT2D eigenvalue weighted by molar-refractivity contribution is -0.130. The number of hydrazine groups is 1. The van der Waals surface area contributed by atoms with Crippen molar-refractivity contribution in [2.75, 3.05) is 24.4 Å². The van der Waals surface area contributed by atoms with Crippen LogP contribution in [0, 0.1) is 29.1 Å². The lowest BCUT2D eigenvalue weighted by Gasteiger charge is -2.29. The number of hydrogen-bond acceptors (Lipinski definition) is 10. The molecular formula is C41H33F5N8O4S2. The lowest BCUT2D eigenvalue weighted by atomic mass is 10.0. The first-order chi connectivity index (χ1) is 28.7. The zero-order valence-electron chi connectivity index (χ0n) is 31.6. The van der Waals surface area contributed by atoms with Crippen molar-refractivity contribution in [1.82, 2.24) is 20.4 Å². The number of nitrogens with zero attached hydrogens (tertiary/aromatic N) is 4. The summed E-state index contributed by atoms with van der Waals surface area (Å²) < 4.78 is 76.8. The maximum atomic E-state index is 15.6. The molecule has 0 aromatic heterocycles. The average molecular weight is 861 g/mol. The van der Waals surface area contributed by atoms with E-state index in [4.69, 9.17) is 0 Å². The highest BCUT2D eigenvalue weighted by Crippen LogP contribution is 2.53. The number of allylic oxidation sites excluding steroid dienone is 2. The number of anilines is 2. The van der Waals surface area contributed by atoms with Crippen molar-refractivity contribution in [3.63, 3.8) is 0 Å². The monoisotopic (exact) mass is 860 g/mol. The second kappa shape index (κ2) is 16.2. The molecular weight excluding hydrogens is 828 g/mol. The molecule has 308 valence electrons. The predicted molar refractivity (Wildman–Crippen MR) is 214 cm³/mol. The van der Waals surface area contributed by atoms with Gasteiger partial charge in [-0.1, -0.05) is 0 Å². The number of amides is 4. The van der Waals surface area contributed by atoms with E-state index in [0.717, 1.165) is 52.3 Å². The maximum absolute atomic E-state index is 15.6. The molecule has 4 N–H and O–H groups in total. The molecule has 4 aliphatic rings. The Labute approximate surface area is 348 Å². The SMILES string of the molecule is CN(C(=O)[C@H](Cc1cc(F)cc(F)c1)NC(=O)c1ccc(F)c(C(=O)N[C@@]2(C(=O)N(C)c3ccc4c(c3)NNS4)CC2c2cc(F)cc(F)c2)c1)C1=CC=C2SN=NC2C1. The van der Waals surface area contributed by atoms with Crippen molar-refractivity contribution in [2.45, 2.75) is 47.7 Å². The number of rotatable bonds is 11. The van der Waals surface area contributed by atoms with E-state index in [1.807, 2.05) is 0 Å². The first kappa shape index (κ1) is 40.7. The number of nitrogens with one attached hydrogen (secondary N) is 4. The quantitative estimate of drug-likeness (QED) is 0.0924. The Bertz CT molecular complexity index is 2540. The summed E-state index contributed by atoms with van der Waals surface area (Å²) in [6.45, 7) is 0. The molecule has 1 fully saturated rings. The van der Waals surface area contributed by atoms with E-state index in [0.29, 0.717) is 35.6 Å². The fraction of sp³-hybridized carbons (Fsp3) is 0.220. The van der Waals surface area contributed by atoms with Gasteiger partial charge in [0.2, 0.25) is 5.91 Å². The molecule has 0 radical (unpaired) electrons. The highest BCUT2D eigenvalue weighted by atomic mass is 32.2. The molecule has 19 heteroatoms. The first-order valence-corrected chi connectivity index (χ1v) is 20.0. The molecule has 0 saturated heterocycles. The van der Waals surface area contributed by atoms with Crippen LogP contribution in [0.5, 0.6) is 0 Å². The summed E-state index contributed by atoms with van der Waals surface area (Å²) in [5.74, 6) is -8.93. The molecule has 2 aliphatic carbocycles. The Morgan fingerprint density at radius 2 is 1.58 bits per heavy atom. The van der Waals surface area contributed by atoms with E-state index in [9.17, 15) is 36.7 Å². The van der Waals surface area contributed by atoms with Crippen LogP contribution < -0.4 is 25.8 Å². The fourth-order valence-electron chi connectivity index (χ4n) is 7.45. The Kier molecular flexibility index (Phi) is 11.0. The van der Waals surface area contributed by atoms with Gasteiger partial charge in [-0.25, -0.2) is 22.0 Å². The van der Waals surface area contributed by atoms with Crippen LogP contribution in [-0.4, -0.2) is 60.2 Å². The topological polar surface area (TPSA) is 148 Å². The third kappa shape index (κ3) is 8.11. The summed E-state index contributed by atoms with van der Waals surface area (Å²) in [7, 11) is 2.94. The summed E-state index contributed by atoms with van der Waals surface area (Å²) in [6, 6.07) is 11.8. The molecule has 4 aromatic carbocycles. The van der Waals surface area contributed by atoms with Crippen molar-refractivity contribution in [3.8, 4) is 0 Å². The molecule has 2 unspecified atom stereocenters. The first-order valence-electron chi connectivity index (χ1n) is 18.4. The molecule has 0 spiro atoms. The molecule has 4 amide bonds. The van der Waals surface area contributed by atoms with Crippen LogP contribution in [0.4, 0.5) is 33.3 Å². The standard InChI is InChI=1S/C41H33F5N8O4S2/c1-53(27-4-7-35-32(17-27)49-51-59-35)39(57)34(11-20-9-23(42)15-24(43)10-20)47-37(55)21-3-6-31(46)29(14-21)38(56)48-41(19-30(41)22-12-25(44)16-26(45)13-22)40(58)54(2)28-5-8-36-33(18-28)50-52-60-36/h3-10,12-16,18,30,32,34,50,52H,11,17,19H2,1-2H3,(H,47,55)(H,48,56)/t30?,32?,34-,41-/m0/s1. The second-order valence-electron chi connectivity index (χ2n) is 14.6. The van der Waals surface area contributed by atoms with Crippen LogP contribution >= 0.6 is 23.9 Å². The smallest absolute Gasteiger partial charge is 0.255 e. The number of benzene rings is 4. The summed E-state index contributed by atoms with van der Waals surface area (Å²) in [5, 5.41) is 9.36. The van der Waals surface area contributed by atoms with Crippen LogP contribution in [0.3, 0.4) is 0 Å². The summed E-state index contributed by atoms with van der Waals surface area (Å²) in [6.07, 6.45) is 3.37. The van der Waals surface area contributed by atoms with Gasteiger partial charge >= 0.3 is 0 Å². The molecule has 12 nitrogen and oxygen atoms in total. The maximum Gasteiger partial charge on any atom is 0.255 e. The third-order valence-electron chi connectivity index (χ3n) is 10.7. The molecule has 0 bridgehead atoms. The van der Waals surface area contributed by atoms with Gasteiger partial charge in [-0.15, -0.1) is 4.52 Å². The van der Waals surface area contributed by atoms with Crippen molar-refractivity contribution < 1.29 is 41.1 Å². The van der Waals surface area contributed by atoms with Gasteiger partial charge in [-0.2, -0.15) is 9.95 Å². The molecule has 2 heterocycles. The number of carbonyl (C=O) groups is 4. The van der Waals surface area contributed by atoms with Crippen LogP contribution in [0.25, 0.3) is 0 Å².